The molecule has 0 amide bonds. The molecule has 3 atom stereocenters. The van der Waals surface area contributed by atoms with Gasteiger partial charge in [-0.2, -0.15) is 0 Å². The van der Waals surface area contributed by atoms with Crippen LogP contribution in [-0.4, -0.2) is 144 Å². The number of rotatable bonds is 12. The highest BCUT2D eigenvalue weighted by Gasteiger charge is 2.24. The first kappa shape index (κ1) is 33.7. The minimum Gasteiger partial charge on any atom is -0.389 e. The average Bonchev–Trinajstić information content (AvgIpc) is 2.80. The van der Waals surface area contributed by atoms with Crippen LogP contribution in [0.3, 0.4) is 0 Å². The maximum atomic E-state index is 10.6. The number of β-amino-alcohol motifs (C(OH)–C–C–N with tert-alkyl or cyclic N) is 3. The summed E-state index contributed by atoms with van der Waals surface area (Å²) in [6.45, 7) is 25.0. The van der Waals surface area contributed by atoms with E-state index >= 15 is 0 Å². The van der Waals surface area contributed by atoms with Gasteiger partial charge in [0.2, 0.25) is 0 Å². The molecule has 0 aliphatic carbocycles. The van der Waals surface area contributed by atoms with E-state index < -0.39 is 18.3 Å². The molecule has 1 aliphatic rings. The molecule has 0 spiro atoms. The van der Waals surface area contributed by atoms with Crippen LogP contribution in [0.1, 0.15) is 62.3 Å². The first-order valence-corrected chi connectivity index (χ1v) is 13.5. The van der Waals surface area contributed by atoms with Gasteiger partial charge in [0.05, 0.1) is 54.9 Å². The monoisotopic (exact) mass is 519 g/mol. The summed E-state index contributed by atoms with van der Waals surface area (Å²) in [7, 11) is 0. The summed E-state index contributed by atoms with van der Waals surface area (Å²) in [6.07, 6.45) is -1.74. The van der Waals surface area contributed by atoms with Gasteiger partial charge in [-0.05, 0) is 62.3 Å². The normalized spacial score (nSPS) is 21.0. The number of hydrogen-bond donors (Lipinski definition) is 3. The smallest absolute Gasteiger partial charge is 0.0900 e. The second-order valence-corrected chi connectivity index (χ2v) is 13.1. The SMILES string of the molecule is CC(C)(C)OCC(O)CN1CCN(CC(O)COC(C)(C)C)CCN(CC(O)COC(C)(C)C)CC1. The highest BCUT2D eigenvalue weighted by atomic mass is 16.5. The van der Waals surface area contributed by atoms with Crippen LogP contribution >= 0.6 is 0 Å². The van der Waals surface area contributed by atoms with Crippen molar-refractivity contribution in [3.05, 3.63) is 0 Å². The zero-order chi connectivity index (χ0) is 27.6. The highest BCUT2D eigenvalue weighted by molar-refractivity contribution is 4.77. The van der Waals surface area contributed by atoms with Crippen molar-refractivity contribution < 1.29 is 29.5 Å². The fraction of sp³-hybridized carbons (Fsp3) is 1.00. The van der Waals surface area contributed by atoms with Gasteiger partial charge in [0.15, 0.2) is 0 Å². The summed E-state index contributed by atoms with van der Waals surface area (Å²) in [4.78, 5) is 6.74. The Hall–Kier alpha value is -0.360. The summed E-state index contributed by atoms with van der Waals surface area (Å²) in [6, 6.07) is 0. The van der Waals surface area contributed by atoms with Crippen LogP contribution in [0.4, 0.5) is 0 Å². The van der Waals surface area contributed by atoms with Gasteiger partial charge in [-0.1, -0.05) is 0 Å². The Bertz CT molecular complexity index is 495. The molecule has 0 radical (unpaired) electrons. The van der Waals surface area contributed by atoms with Crippen molar-refractivity contribution in [3.8, 4) is 0 Å². The summed E-state index contributed by atoms with van der Waals surface area (Å²) >= 11 is 0. The second-order valence-electron chi connectivity index (χ2n) is 13.1. The molecule has 1 rings (SSSR count). The number of hydrogen-bond acceptors (Lipinski definition) is 9. The third-order valence-corrected chi connectivity index (χ3v) is 5.73. The molecule has 0 saturated carbocycles. The van der Waals surface area contributed by atoms with Crippen LogP contribution in [0, 0.1) is 0 Å². The predicted molar refractivity (Wildman–Crippen MR) is 144 cm³/mol. The fourth-order valence-corrected chi connectivity index (χ4v) is 3.82. The molecule has 1 saturated heterocycles. The van der Waals surface area contributed by atoms with Crippen LogP contribution in [0.15, 0.2) is 0 Å². The van der Waals surface area contributed by atoms with E-state index in [0.29, 0.717) is 39.5 Å². The lowest BCUT2D eigenvalue weighted by Crippen LogP contribution is -2.44. The lowest BCUT2D eigenvalue weighted by molar-refractivity contribution is -0.0592. The average molecular weight is 520 g/mol. The molecule has 3 unspecified atom stereocenters. The lowest BCUT2D eigenvalue weighted by atomic mass is 10.2. The Kier molecular flexibility index (Phi) is 14.3. The zero-order valence-corrected chi connectivity index (χ0v) is 24.6. The molecule has 0 aromatic carbocycles. The van der Waals surface area contributed by atoms with Gasteiger partial charge in [-0.25, -0.2) is 0 Å². The first-order chi connectivity index (χ1) is 16.4. The Morgan fingerprint density at radius 3 is 0.833 bits per heavy atom. The standard InChI is InChI=1S/C27H57N3O6/c1-25(2,3)34-19-22(31)16-28-10-12-29(17-23(32)20-35-26(4,5)6)14-15-30(13-11-28)18-24(33)21-36-27(7,8)9/h22-24,31-33H,10-21H2,1-9H3. The summed E-state index contributed by atoms with van der Waals surface area (Å²) in [5.41, 5.74) is -0.878. The van der Waals surface area contributed by atoms with Crippen molar-refractivity contribution in [1.82, 2.24) is 14.7 Å². The van der Waals surface area contributed by atoms with Crippen LogP contribution in [0.5, 0.6) is 0 Å². The summed E-state index contributed by atoms with van der Waals surface area (Å²) < 4.78 is 17.3. The maximum Gasteiger partial charge on any atom is 0.0900 e. The summed E-state index contributed by atoms with van der Waals surface area (Å²) in [5, 5.41) is 31.8. The topological polar surface area (TPSA) is 98.1 Å². The van der Waals surface area contributed by atoms with E-state index in [0.717, 1.165) is 39.3 Å². The molecule has 1 heterocycles. The molecule has 3 N–H and O–H groups in total. The fourth-order valence-electron chi connectivity index (χ4n) is 3.82. The van der Waals surface area contributed by atoms with Gasteiger partial charge in [-0.15, -0.1) is 0 Å². The molecule has 0 aromatic rings. The third-order valence-electron chi connectivity index (χ3n) is 5.73. The van der Waals surface area contributed by atoms with E-state index in [9.17, 15) is 15.3 Å². The van der Waals surface area contributed by atoms with Crippen molar-refractivity contribution in [2.75, 3.05) is 78.7 Å². The Labute approximate surface area is 220 Å². The molecule has 0 aromatic heterocycles. The predicted octanol–water partition coefficient (Wildman–Crippen LogP) is 1.43. The van der Waals surface area contributed by atoms with E-state index in [4.69, 9.17) is 14.2 Å². The zero-order valence-electron chi connectivity index (χ0n) is 24.6. The molecule has 36 heavy (non-hydrogen) atoms. The van der Waals surface area contributed by atoms with Gasteiger partial charge in [0, 0.05) is 58.9 Å². The Morgan fingerprint density at radius 1 is 0.472 bits per heavy atom. The summed E-state index contributed by atoms with van der Waals surface area (Å²) in [5.74, 6) is 0. The quantitative estimate of drug-likeness (QED) is 0.354. The van der Waals surface area contributed by atoms with Crippen molar-refractivity contribution >= 4 is 0 Å². The minimum atomic E-state index is -0.580. The van der Waals surface area contributed by atoms with E-state index in [1.54, 1.807) is 0 Å². The van der Waals surface area contributed by atoms with E-state index in [2.05, 4.69) is 14.7 Å². The molecule has 9 nitrogen and oxygen atoms in total. The van der Waals surface area contributed by atoms with Crippen LogP contribution in [-0.2, 0) is 14.2 Å². The first-order valence-electron chi connectivity index (χ1n) is 13.5. The van der Waals surface area contributed by atoms with E-state index in [1.165, 1.54) is 0 Å². The number of ether oxygens (including phenoxy) is 3. The molecule has 216 valence electrons. The van der Waals surface area contributed by atoms with E-state index in [-0.39, 0.29) is 16.8 Å². The largest absolute Gasteiger partial charge is 0.389 e. The van der Waals surface area contributed by atoms with Crippen LogP contribution in [0.2, 0.25) is 0 Å². The number of nitrogens with zero attached hydrogens (tertiary/aromatic N) is 3. The third kappa shape index (κ3) is 18.0. The molecule has 0 bridgehead atoms. The van der Waals surface area contributed by atoms with Crippen molar-refractivity contribution in [2.45, 2.75) is 97.4 Å². The Balaban J connectivity index is 2.78. The molecule has 1 aliphatic heterocycles. The van der Waals surface area contributed by atoms with Gasteiger partial charge in [0.1, 0.15) is 0 Å². The van der Waals surface area contributed by atoms with Crippen molar-refractivity contribution in [1.29, 1.82) is 0 Å². The molecular weight excluding hydrogens is 462 g/mol. The number of aliphatic hydroxyl groups excluding tert-OH is 3. The van der Waals surface area contributed by atoms with Gasteiger partial charge >= 0.3 is 0 Å². The number of aliphatic hydroxyl groups is 3. The van der Waals surface area contributed by atoms with Crippen LogP contribution in [0.25, 0.3) is 0 Å². The van der Waals surface area contributed by atoms with Gasteiger partial charge < -0.3 is 29.5 Å². The second kappa shape index (κ2) is 15.3. The van der Waals surface area contributed by atoms with Crippen LogP contribution < -0.4 is 0 Å². The highest BCUT2D eigenvalue weighted by Crippen LogP contribution is 2.11. The molecular formula is C27H57N3O6. The van der Waals surface area contributed by atoms with Gasteiger partial charge in [0.25, 0.3) is 0 Å². The van der Waals surface area contributed by atoms with Crippen molar-refractivity contribution in [2.24, 2.45) is 0 Å². The van der Waals surface area contributed by atoms with Gasteiger partial charge in [-0.3, -0.25) is 14.7 Å². The van der Waals surface area contributed by atoms with Crippen molar-refractivity contribution in [3.63, 3.8) is 0 Å². The van der Waals surface area contributed by atoms with E-state index in [1.807, 2.05) is 62.3 Å². The maximum absolute atomic E-state index is 10.6. The molecule has 9 heteroatoms. The minimum absolute atomic E-state index is 0.291. The Morgan fingerprint density at radius 2 is 0.667 bits per heavy atom. The molecule has 1 fully saturated rings. The lowest BCUT2D eigenvalue weighted by Gasteiger charge is -2.30.